The molecule has 0 aliphatic carbocycles. The van der Waals surface area contributed by atoms with Crippen LogP contribution in [0.3, 0.4) is 0 Å². The molecule has 1 fully saturated rings. The molecule has 0 amide bonds. The summed E-state index contributed by atoms with van der Waals surface area (Å²) in [6.45, 7) is 2.61. The maximum Gasteiger partial charge on any atom is 0.144 e. The molecule has 0 N–H and O–H groups in total. The third kappa shape index (κ3) is 2.75. The Kier molecular flexibility index (Phi) is 3.60. The average Bonchev–Trinajstić information content (AvgIpc) is 2.72. The Hall–Kier alpha value is -1.60. The van der Waals surface area contributed by atoms with Gasteiger partial charge in [0.05, 0.1) is 6.61 Å². The highest BCUT2D eigenvalue weighted by Crippen LogP contribution is 2.22. The Bertz CT molecular complexity index is 442. The molecule has 1 atom stereocenters. The molecular weight excluding hydrogens is 219 g/mol. The molecule has 1 aromatic rings. The van der Waals surface area contributed by atoms with Crippen LogP contribution >= 0.6 is 0 Å². The number of ether oxygens (including phenoxy) is 1. The Morgan fingerprint density at radius 1 is 1.59 bits per heavy atom. The summed E-state index contributed by atoms with van der Waals surface area (Å²) < 4.78 is 18.9. The van der Waals surface area contributed by atoms with Crippen LogP contribution in [0.2, 0.25) is 0 Å². The summed E-state index contributed by atoms with van der Waals surface area (Å²) in [4.78, 5) is 2.24. The van der Waals surface area contributed by atoms with Crippen LogP contribution in [-0.2, 0) is 0 Å². The molecule has 1 aromatic carbocycles. The average molecular weight is 234 g/mol. The van der Waals surface area contributed by atoms with E-state index in [0.29, 0.717) is 18.3 Å². The van der Waals surface area contributed by atoms with Crippen molar-refractivity contribution >= 4 is 0 Å². The zero-order chi connectivity index (χ0) is 12.3. The zero-order valence-electron chi connectivity index (χ0n) is 9.82. The number of benzene rings is 1. The van der Waals surface area contributed by atoms with Crippen molar-refractivity contribution in [1.29, 1.82) is 5.26 Å². The lowest BCUT2D eigenvalue weighted by atomic mass is 10.1. The second kappa shape index (κ2) is 5.15. The first-order chi connectivity index (χ1) is 8.20. The highest BCUT2D eigenvalue weighted by molar-refractivity contribution is 5.43. The second-order valence-electron chi connectivity index (χ2n) is 4.45. The maximum absolute atomic E-state index is 13.3. The summed E-state index contributed by atoms with van der Waals surface area (Å²) >= 11 is 0. The molecule has 1 aliphatic heterocycles. The van der Waals surface area contributed by atoms with Crippen LogP contribution in [0.1, 0.15) is 12.0 Å². The molecule has 17 heavy (non-hydrogen) atoms. The molecule has 0 radical (unpaired) electrons. The number of halogens is 1. The standard InChI is InChI=1S/C13H15FN2O/c1-16-6-5-10(8-16)9-17-13-4-2-3-12(14)11(13)7-15/h2-4,10H,5-6,8-9H2,1H3. The minimum Gasteiger partial charge on any atom is -0.492 e. The lowest BCUT2D eigenvalue weighted by Crippen LogP contribution is -2.18. The summed E-state index contributed by atoms with van der Waals surface area (Å²) in [5.74, 6) is 0.297. The molecule has 4 heteroatoms. The van der Waals surface area contributed by atoms with E-state index < -0.39 is 5.82 Å². The van der Waals surface area contributed by atoms with Crippen molar-refractivity contribution in [2.45, 2.75) is 6.42 Å². The van der Waals surface area contributed by atoms with E-state index in [1.807, 2.05) is 6.07 Å². The first-order valence-electron chi connectivity index (χ1n) is 5.70. The van der Waals surface area contributed by atoms with Crippen LogP contribution in [0.25, 0.3) is 0 Å². The van der Waals surface area contributed by atoms with E-state index in [2.05, 4.69) is 11.9 Å². The van der Waals surface area contributed by atoms with Gasteiger partial charge < -0.3 is 9.64 Å². The second-order valence-corrected chi connectivity index (χ2v) is 4.45. The maximum atomic E-state index is 13.3. The molecule has 1 heterocycles. The minimum atomic E-state index is -0.520. The van der Waals surface area contributed by atoms with Gasteiger partial charge in [0.2, 0.25) is 0 Å². The van der Waals surface area contributed by atoms with Crippen molar-refractivity contribution in [3.8, 4) is 11.8 Å². The number of rotatable bonds is 3. The molecule has 3 nitrogen and oxygen atoms in total. The van der Waals surface area contributed by atoms with Gasteiger partial charge in [0, 0.05) is 12.5 Å². The molecule has 2 rings (SSSR count). The van der Waals surface area contributed by atoms with E-state index >= 15 is 0 Å². The highest BCUT2D eigenvalue weighted by Gasteiger charge is 2.20. The molecule has 1 aliphatic rings. The van der Waals surface area contributed by atoms with Gasteiger partial charge in [-0.15, -0.1) is 0 Å². The number of nitriles is 1. The fourth-order valence-corrected chi connectivity index (χ4v) is 2.10. The Morgan fingerprint density at radius 3 is 3.06 bits per heavy atom. The minimum absolute atomic E-state index is 0.00106. The molecule has 90 valence electrons. The molecule has 0 bridgehead atoms. The Labute approximate surface area is 100 Å². The van der Waals surface area contributed by atoms with Crippen LogP contribution in [0.5, 0.6) is 5.75 Å². The fourth-order valence-electron chi connectivity index (χ4n) is 2.10. The number of nitrogens with zero attached hydrogens (tertiary/aromatic N) is 2. The number of likely N-dealkylation sites (tertiary alicyclic amines) is 1. The van der Waals surface area contributed by atoms with Crippen molar-refractivity contribution in [3.63, 3.8) is 0 Å². The van der Waals surface area contributed by atoms with Crippen molar-refractivity contribution < 1.29 is 9.13 Å². The number of hydrogen-bond donors (Lipinski definition) is 0. The highest BCUT2D eigenvalue weighted by atomic mass is 19.1. The summed E-state index contributed by atoms with van der Waals surface area (Å²) in [7, 11) is 2.07. The lowest BCUT2D eigenvalue weighted by molar-refractivity contribution is 0.247. The van der Waals surface area contributed by atoms with E-state index in [0.717, 1.165) is 19.5 Å². The van der Waals surface area contributed by atoms with Crippen LogP contribution in [0, 0.1) is 23.1 Å². The van der Waals surface area contributed by atoms with Gasteiger partial charge in [0.25, 0.3) is 0 Å². The predicted octanol–water partition coefficient (Wildman–Crippen LogP) is 2.03. The van der Waals surface area contributed by atoms with E-state index in [1.54, 1.807) is 12.1 Å². The van der Waals surface area contributed by atoms with Crippen molar-refractivity contribution in [2.75, 3.05) is 26.7 Å². The summed E-state index contributed by atoms with van der Waals surface area (Å²) in [6.07, 6.45) is 1.09. The quantitative estimate of drug-likeness (QED) is 0.802. The molecule has 1 saturated heterocycles. The number of hydrogen-bond acceptors (Lipinski definition) is 3. The van der Waals surface area contributed by atoms with Gasteiger partial charge in [-0.3, -0.25) is 0 Å². The van der Waals surface area contributed by atoms with E-state index in [-0.39, 0.29) is 5.56 Å². The normalized spacial score (nSPS) is 20.2. The third-order valence-corrected chi connectivity index (χ3v) is 3.05. The van der Waals surface area contributed by atoms with E-state index in [1.165, 1.54) is 6.07 Å². The van der Waals surface area contributed by atoms with Gasteiger partial charge in [-0.2, -0.15) is 5.26 Å². The first-order valence-corrected chi connectivity index (χ1v) is 5.70. The third-order valence-electron chi connectivity index (χ3n) is 3.05. The largest absolute Gasteiger partial charge is 0.492 e. The zero-order valence-corrected chi connectivity index (χ0v) is 9.82. The van der Waals surface area contributed by atoms with Crippen LogP contribution < -0.4 is 4.74 Å². The predicted molar refractivity (Wildman–Crippen MR) is 62.2 cm³/mol. The molecule has 0 spiro atoms. The topological polar surface area (TPSA) is 36.3 Å². The van der Waals surface area contributed by atoms with Crippen LogP contribution in [0.15, 0.2) is 18.2 Å². The first kappa shape index (κ1) is 11.9. The van der Waals surface area contributed by atoms with Crippen molar-refractivity contribution in [3.05, 3.63) is 29.6 Å². The van der Waals surface area contributed by atoms with Gasteiger partial charge >= 0.3 is 0 Å². The van der Waals surface area contributed by atoms with Gasteiger partial charge in [-0.05, 0) is 32.1 Å². The summed E-state index contributed by atoms with van der Waals surface area (Å²) in [5.41, 5.74) is -0.00106. The van der Waals surface area contributed by atoms with Gasteiger partial charge in [0.15, 0.2) is 0 Å². The smallest absolute Gasteiger partial charge is 0.144 e. The fraction of sp³-hybridized carbons (Fsp3) is 0.462. The molecule has 0 aromatic heterocycles. The van der Waals surface area contributed by atoms with Gasteiger partial charge in [0.1, 0.15) is 23.2 Å². The van der Waals surface area contributed by atoms with E-state index in [4.69, 9.17) is 10.00 Å². The monoisotopic (exact) mass is 234 g/mol. The Morgan fingerprint density at radius 2 is 2.41 bits per heavy atom. The van der Waals surface area contributed by atoms with Crippen molar-refractivity contribution in [2.24, 2.45) is 5.92 Å². The van der Waals surface area contributed by atoms with Crippen LogP contribution in [0.4, 0.5) is 4.39 Å². The van der Waals surface area contributed by atoms with E-state index in [9.17, 15) is 4.39 Å². The Balaban J connectivity index is 2.00. The van der Waals surface area contributed by atoms with Gasteiger partial charge in [-0.1, -0.05) is 6.07 Å². The van der Waals surface area contributed by atoms with Gasteiger partial charge in [-0.25, -0.2) is 4.39 Å². The molecule has 0 saturated carbocycles. The summed E-state index contributed by atoms with van der Waals surface area (Å²) in [5, 5.41) is 8.86. The van der Waals surface area contributed by atoms with Crippen molar-refractivity contribution in [1.82, 2.24) is 4.90 Å². The SMILES string of the molecule is CN1CCC(COc2cccc(F)c2C#N)C1. The molecular formula is C13H15FN2O. The molecule has 1 unspecified atom stereocenters. The lowest BCUT2D eigenvalue weighted by Gasteiger charge is -2.13. The summed E-state index contributed by atoms with van der Waals surface area (Å²) in [6, 6.07) is 6.31. The van der Waals surface area contributed by atoms with Crippen LogP contribution in [-0.4, -0.2) is 31.6 Å².